The minimum atomic E-state index is -0.991. The Bertz CT molecular complexity index is 1540. The van der Waals surface area contributed by atoms with E-state index in [4.69, 9.17) is 26.0 Å². The van der Waals surface area contributed by atoms with Crippen LogP contribution in [0.25, 0.3) is 27.6 Å². The van der Waals surface area contributed by atoms with E-state index >= 15 is 0 Å². The third kappa shape index (κ3) is 5.39. The van der Waals surface area contributed by atoms with Gasteiger partial charge >= 0.3 is 0 Å². The number of methoxy groups -OCH3 is 1. The molecule has 1 atom stereocenters. The first-order chi connectivity index (χ1) is 19.1. The van der Waals surface area contributed by atoms with E-state index in [1.54, 1.807) is 19.2 Å². The van der Waals surface area contributed by atoms with Crippen LogP contribution < -0.4 is 16.3 Å². The van der Waals surface area contributed by atoms with Crippen molar-refractivity contribution in [3.63, 3.8) is 0 Å². The van der Waals surface area contributed by atoms with Gasteiger partial charge in [-0.3, -0.25) is 4.98 Å². The third-order valence-corrected chi connectivity index (χ3v) is 8.03. The number of hydrazine groups is 1. The van der Waals surface area contributed by atoms with Gasteiger partial charge in [0.25, 0.3) is 0 Å². The predicted octanol–water partition coefficient (Wildman–Crippen LogP) is 5.28. The van der Waals surface area contributed by atoms with Gasteiger partial charge in [-0.1, -0.05) is 24.3 Å². The number of nitrogens with two attached hydrogens (primary N) is 2. The maximum absolute atomic E-state index is 10.9. The number of hydrogen-bond donors (Lipinski definition) is 3. The highest BCUT2D eigenvalue weighted by Gasteiger charge is 2.28. The largest absolute Gasteiger partial charge is 0.497 e. The number of nitrogens with zero attached hydrogens (tertiary/aromatic N) is 3. The highest BCUT2D eigenvalue weighted by Crippen LogP contribution is 2.40. The zero-order chi connectivity index (χ0) is 28.6. The molecule has 1 fully saturated rings. The highest BCUT2D eigenvalue weighted by molar-refractivity contribution is 6.06. The second-order valence-electron chi connectivity index (χ2n) is 11.5. The van der Waals surface area contributed by atoms with Crippen LogP contribution in [0, 0.1) is 5.92 Å². The summed E-state index contributed by atoms with van der Waals surface area (Å²) in [5.41, 5.74) is 12.4. The average molecular weight is 544 g/mol. The van der Waals surface area contributed by atoms with Crippen LogP contribution in [0.5, 0.6) is 5.75 Å². The summed E-state index contributed by atoms with van der Waals surface area (Å²) in [5, 5.41) is 13.5. The number of rotatable bonds is 8. The van der Waals surface area contributed by atoms with Crippen molar-refractivity contribution in [1.29, 1.82) is 0 Å². The summed E-state index contributed by atoms with van der Waals surface area (Å²) in [4.78, 5) is 4.96. The van der Waals surface area contributed by atoms with Gasteiger partial charge in [0.15, 0.2) is 0 Å². The lowest BCUT2D eigenvalue weighted by Crippen LogP contribution is -2.26. The van der Waals surface area contributed by atoms with Gasteiger partial charge in [-0.15, -0.1) is 0 Å². The molecule has 0 radical (unpaired) electrons. The van der Waals surface area contributed by atoms with E-state index < -0.39 is 5.60 Å². The van der Waals surface area contributed by atoms with Crippen molar-refractivity contribution in [3.8, 4) is 5.75 Å². The topological polar surface area (TPSA) is 112 Å². The first-order valence-electron chi connectivity index (χ1n) is 13.9. The molecule has 0 aliphatic carbocycles. The van der Waals surface area contributed by atoms with Crippen molar-refractivity contribution in [2.45, 2.75) is 51.7 Å². The molecule has 1 unspecified atom stereocenters. The lowest BCUT2D eigenvalue weighted by molar-refractivity contribution is 0.0609. The van der Waals surface area contributed by atoms with Gasteiger partial charge in [-0.2, -0.15) is 0 Å². The Kier molecular flexibility index (Phi) is 7.77. The van der Waals surface area contributed by atoms with E-state index in [0.29, 0.717) is 11.6 Å². The van der Waals surface area contributed by atoms with Gasteiger partial charge in [0.2, 0.25) is 0 Å². The second-order valence-corrected chi connectivity index (χ2v) is 11.5. The van der Waals surface area contributed by atoms with Gasteiger partial charge in [-0.25, -0.2) is 5.84 Å². The Hall–Kier alpha value is -3.59. The molecular weight excluding hydrogens is 502 g/mol. The van der Waals surface area contributed by atoms with Crippen LogP contribution >= 0.6 is 0 Å². The average Bonchev–Trinajstić information content (AvgIpc) is 3.24. The van der Waals surface area contributed by atoms with E-state index in [-0.39, 0.29) is 6.04 Å². The fourth-order valence-corrected chi connectivity index (χ4v) is 6.00. The van der Waals surface area contributed by atoms with E-state index in [1.807, 2.05) is 45.2 Å². The Morgan fingerprint density at radius 2 is 1.93 bits per heavy atom. The van der Waals surface area contributed by atoms with Crippen LogP contribution in [0.3, 0.4) is 0 Å². The van der Waals surface area contributed by atoms with Crippen molar-refractivity contribution >= 4 is 27.6 Å². The van der Waals surface area contributed by atoms with Gasteiger partial charge in [0, 0.05) is 43.1 Å². The van der Waals surface area contributed by atoms with Crippen LogP contribution in [0.4, 0.5) is 0 Å². The summed E-state index contributed by atoms with van der Waals surface area (Å²) in [5.74, 6) is 7.53. The van der Waals surface area contributed by atoms with Crippen molar-refractivity contribution in [1.82, 2.24) is 14.6 Å². The van der Waals surface area contributed by atoms with E-state index in [2.05, 4.69) is 34.9 Å². The molecule has 5 N–H and O–H groups in total. The minimum Gasteiger partial charge on any atom is -0.497 e. The summed E-state index contributed by atoms with van der Waals surface area (Å²) >= 11 is 0. The maximum atomic E-state index is 10.9. The quantitative estimate of drug-likeness (QED) is 0.205. The Balaban J connectivity index is 1.83. The number of aliphatic hydroxyl groups is 1. The molecule has 2 aromatic heterocycles. The zero-order valence-electron chi connectivity index (χ0n) is 24.1. The second kappa shape index (κ2) is 11.1. The molecule has 0 bridgehead atoms. The molecule has 0 spiro atoms. The van der Waals surface area contributed by atoms with Gasteiger partial charge in [0.1, 0.15) is 5.75 Å². The van der Waals surface area contributed by atoms with Crippen LogP contribution in [0.1, 0.15) is 62.8 Å². The zero-order valence-corrected chi connectivity index (χ0v) is 24.1. The number of aromatic nitrogens is 2. The third-order valence-electron chi connectivity index (χ3n) is 8.03. The molecule has 40 heavy (non-hydrogen) atoms. The molecule has 1 saturated heterocycles. The lowest BCUT2D eigenvalue weighted by atomic mass is 9.89. The first-order valence-corrected chi connectivity index (χ1v) is 13.9. The summed E-state index contributed by atoms with van der Waals surface area (Å²) in [7, 11) is 3.48. The highest BCUT2D eigenvalue weighted by atomic mass is 16.5. The monoisotopic (exact) mass is 543 g/mol. The fourth-order valence-electron chi connectivity index (χ4n) is 6.00. The molecule has 212 valence electrons. The molecule has 4 aromatic rings. The summed E-state index contributed by atoms with van der Waals surface area (Å²) < 4.78 is 13.7. The molecule has 0 amide bonds. The van der Waals surface area contributed by atoms with Crippen molar-refractivity contribution in [2.24, 2.45) is 17.5 Å². The maximum Gasteiger partial charge on any atom is 0.119 e. The van der Waals surface area contributed by atoms with Gasteiger partial charge in [-0.05, 0) is 81.3 Å². The van der Waals surface area contributed by atoms with Crippen LogP contribution in [-0.2, 0) is 10.3 Å². The van der Waals surface area contributed by atoms with E-state index in [9.17, 15) is 5.11 Å². The Morgan fingerprint density at radius 1 is 1.18 bits per heavy atom. The van der Waals surface area contributed by atoms with Crippen molar-refractivity contribution in [2.75, 3.05) is 27.4 Å². The van der Waals surface area contributed by atoms with E-state index in [0.717, 1.165) is 82.5 Å². The van der Waals surface area contributed by atoms with Crippen LogP contribution in [0.15, 0.2) is 60.4 Å². The fraction of sp³-hybridized carbons (Fsp3) is 0.406. The Labute approximate surface area is 236 Å². The Morgan fingerprint density at radius 3 is 2.58 bits per heavy atom. The molecule has 8 nitrogen and oxygen atoms in total. The summed E-state index contributed by atoms with van der Waals surface area (Å²) in [6.45, 7) is 7.04. The van der Waals surface area contributed by atoms with Crippen molar-refractivity contribution < 1.29 is 14.6 Å². The molecule has 5 rings (SSSR count). The summed E-state index contributed by atoms with van der Waals surface area (Å²) in [6.07, 6.45) is 4.81. The standard InChI is InChI=1S/C32H41N5O3/c1-20(33)31(36(4)34)23-17-29-30(35-19-23)26-10-9-24(32(2,3)38)18-28(26)37(29)27(15-21-11-13-40-14-12-21)22-7-6-8-25(16-22)39-5/h6-10,16-19,21,27,38H,11-15,33-34H2,1-5H3/b31-20-. The number of pyridine rings is 1. The molecule has 1 aliphatic rings. The normalized spacial score (nSPS) is 16.3. The molecule has 0 saturated carbocycles. The predicted molar refractivity (Wildman–Crippen MR) is 161 cm³/mol. The molecule has 1 aliphatic heterocycles. The lowest BCUT2D eigenvalue weighted by Gasteiger charge is -2.30. The first kappa shape index (κ1) is 28.0. The van der Waals surface area contributed by atoms with Gasteiger partial charge in [0.05, 0.1) is 41.0 Å². The van der Waals surface area contributed by atoms with Gasteiger partial charge < -0.3 is 29.9 Å². The number of hydrogen-bond acceptors (Lipinski definition) is 7. The molecule has 2 aromatic carbocycles. The van der Waals surface area contributed by atoms with Crippen molar-refractivity contribution in [3.05, 3.63) is 77.1 Å². The molecule has 3 heterocycles. The van der Waals surface area contributed by atoms with Crippen LogP contribution in [0.2, 0.25) is 0 Å². The summed E-state index contributed by atoms with van der Waals surface area (Å²) in [6, 6.07) is 16.6. The van der Waals surface area contributed by atoms with Crippen LogP contribution in [-0.4, -0.2) is 47.0 Å². The smallest absolute Gasteiger partial charge is 0.119 e. The minimum absolute atomic E-state index is 0.00526. The number of benzene rings is 2. The molecular formula is C32H41N5O3. The molecule has 8 heteroatoms. The number of fused-ring (bicyclic) bond motifs is 3. The number of allylic oxidation sites excluding steroid dienone is 1. The van der Waals surface area contributed by atoms with E-state index in [1.165, 1.54) is 0 Å². The SMILES string of the molecule is COc1cccc(C(CC2CCOCC2)n2c3cc(C(C)(C)O)ccc3c3ncc(/C(=C(\C)N)N(C)N)cc32)c1. The number of ether oxygens (including phenoxy) is 2.